The third-order valence-electron chi connectivity index (χ3n) is 2.35. The van der Waals surface area contributed by atoms with Crippen LogP contribution in [0.25, 0.3) is 10.9 Å². The first-order valence-corrected chi connectivity index (χ1v) is 5.07. The zero-order valence-electron chi connectivity index (χ0n) is 8.81. The van der Waals surface area contributed by atoms with E-state index in [1.807, 2.05) is 0 Å². The maximum atomic E-state index is 11.7. The van der Waals surface area contributed by atoms with E-state index in [1.54, 1.807) is 18.2 Å². The van der Waals surface area contributed by atoms with Gasteiger partial charge in [-0.2, -0.15) is 0 Å². The minimum atomic E-state index is -1.52. The van der Waals surface area contributed by atoms with Gasteiger partial charge in [0.1, 0.15) is 0 Å². The van der Waals surface area contributed by atoms with Gasteiger partial charge in [-0.15, -0.1) is 0 Å². The lowest BCUT2D eigenvalue weighted by Crippen LogP contribution is -2.21. The van der Waals surface area contributed by atoms with Crippen molar-refractivity contribution < 1.29 is 14.6 Å². The van der Waals surface area contributed by atoms with Gasteiger partial charge in [-0.3, -0.25) is 4.79 Å². The highest BCUT2D eigenvalue weighted by atomic mass is 35.5. The molecule has 0 saturated carbocycles. The van der Waals surface area contributed by atoms with E-state index >= 15 is 0 Å². The molecule has 0 radical (unpaired) electrons. The summed E-state index contributed by atoms with van der Waals surface area (Å²) in [5.74, 6) is -0.241. The molecule has 2 rings (SSSR count). The van der Waals surface area contributed by atoms with E-state index in [0.29, 0.717) is 15.9 Å². The Kier molecular flexibility index (Phi) is 2.77. The van der Waals surface area contributed by atoms with Crippen LogP contribution < -0.4 is 10.3 Å². The average molecular weight is 254 g/mol. The van der Waals surface area contributed by atoms with Gasteiger partial charge in [0, 0.05) is 17.5 Å². The largest absolute Gasteiger partial charge is 0.511 e. The molecule has 0 fully saturated rings. The summed E-state index contributed by atoms with van der Waals surface area (Å²) < 4.78 is 5.72. The minimum absolute atomic E-state index is 0.241. The van der Waals surface area contributed by atoms with E-state index in [1.165, 1.54) is 17.7 Å². The quantitative estimate of drug-likeness (QED) is 0.792. The van der Waals surface area contributed by atoms with Gasteiger partial charge in [-0.1, -0.05) is 11.6 Å². The Morgan fingerprint density at radius 2 is 2.12 bits per heavy atom. The van der Waals surface area contributed by atoms with Crippen molar-refractivity contribution in [2.45, 2.75) is 0 Å². The summed E-state index contributed by atoms with van der Waals surface area (Å²) in [7, 11) is 1.54. The zero-order valence-corrected chi connectivity index (χ0v) is 9.56. The molecular formula is C11H8ClNO4. The normalized spacial score (nSPS) is 10.5. The Bertz CT molecular complexity index is 662. The number of hydrogen-bond donors (Lipinski definition) is 1. The molecule has 0 saturated heterocycles. The van der Waals surface area contributed by atoms with Gasteiger partial charge in [0.2, 0.25) is 0 Å². The summed E-state index contributed by atoms with van der Waals surface area (Å²) in [5.41, 5.74) is 0.138. The maximum Gasteiger partial charge on any atom is 0.511 e. The molecule has 0 amide bonds. The predicted octanol–water partition coefficient (Wildman–Crippen LogP) is 2.25. The second kappa shape index (κ2) is 4.10. The van der Waals surface area contributed by atoms with E-state index in [-0.39, 0.29) is 5.75 Å². The van der Waals surface area contributed by atoms with E-state index < -0.39 is 11.7 Å². The van der Waals surface area contributed by atoms with Crippen molar-refractivity contribution in [1.29, 1.82) is 0 Å². The van der Waals surface area contributed by atoms with Gasteiger partial charge in [-0.05, 0) is 24.3 Å². The molecule has 0 aliphatic carbocycles. The molecule has 0 aliphatic rings. The number of ether oxygens (including phenoxy) is 1. The molecule has 17 heavy (non-hydrogen) atoms. The molecule has 1 N–H and O–H groups in total. The monoisotopic (exact) mass is 253 g/mol. The Labute approximate surface area is 101 Å². The fourth-order valence-corrected chi connectivity index (χ4v) is 1.77. The van der Waals surface area contributed by atoms with Crippen LogP contribution >= 0.6 is 11.6 Å². The molecule has 0 atom stereocenters. The second-order valence-electron chi connectivity index (χ2n) is 3.44. The Balaban J connectivity index is 2.75. The number of hydrogen-bond acceptors (Lipinski definition) is 3. The third-order valence-corrected chi connectivity index (χ3v) is 2.59. The molecule has 0 spiro atoms. The maximum absolute atomic E-state index is 11.7. The highest BCUT2D eigenvalue weighted by Crippen LogP contribution is 2.20. The summed E-state index contributed by atoms with van der Waals surface area (Å²) in [5, 5.41) is 9.65. The number of aromatic nitrogens is 1. The first-order valence-electron chi connectivity index (χ1n) is 4.69. The standard InChI is InChI=1S/C11H8ClNO4/c1-13-8-3-2-7(12)4-6(8)5-9(10(13)14)17-11(15)16/h2-5H,1H3,(H,15,16). The van der Waals surface area contributed by atoms with Crippen molar-refractivity contribution in [2.24, 2.45) is 7.05 Å². The molecule has 0 unspecified atom stereocenters. The van der Waals surface area contributed by atoms with Gasteiger partial charge in [0.05, 0.1) is 5.52 Å². The summed E-state index contributed by atoms with van der Waals surface area (Å²) in [4.78, 5) is 22.2. The van der Waals surface area contributed by atoms with E-state index in [2.05, 4.69) is 4.74 Å². The molecule has 0 bridgehead atoms. The Morgan fingerprint density at radius 3 is 2.76 bits per heavy atom. The second-order valence-corrected chi connectivity index (χ2v) is 3.88. The van der Waals surface area contributed by atoms with Crippen LogP contribution in [0.1, 0.15) is 0 Å². The molecular weight excluding hydrogens is 246 g/mol. The fourth-order valence-electron chi connectivity index (χ4n) is 1.59. The van der Waals surface area contributed by atoms with Crippen LogP contribution in [-0.2, 0) is 7.05 Å². The van der Waals surface area contributed by atoms with Crippen molar-refractivity contribution in [3.63, 3.8) is 0 Å². The summed E-state index contributed by atoms with van der Waals surface area (Å²) in [6, 6.07) is 6.33. The Hall–Kier alpha value is -2.01. The van der Waals surface area contributed by atoms with Crippen molar-refractivity contribution in [1.82, 2.24) is 4.57 Å². The first-order chi connectivity index (χ1) is 7.99. The van der Waals surface area contributed by atoms with Crippen LogP contribution in [0.3, 0.4) is 0 Å². The first kappa shape index (κ1) is 11.5. The van der Waals surface area contributed by atoms with Gasteiger partial charge < -0.3 is 14.4 Å². The predicted molar refractivity (Wildman–Crippen MR) is 62.9 cm³/mol. The lowest BCUT2D eigenvalue weighted by atomic mass is 10.2. The topological polar surface area (TPSA) is 68.5 Å². The van der Waals surface area contributed by atoms with E-state index in [4.69, 9.17) is 16.7 Å². The van der Waals surface area contributed by atoms with Crippen LogP contribution in [0.2, 0.25) is 5.02 Å². The number of aryl methyl sites for hydroxylation is 1. The van der Waals surface area contributed by atoms with Gasteiger partial charge >= 0.3 is 6.16 Å². The zero-order chi connectivity index (χ0) is 12.6. The lowest BCUT2D eigenvalue weighted by Gasteiger charge is -2.07. The molecule has 1 aromatic heterocycles. The summed E-state index contributed by atoms with van der Waals surface area (Å²) >= 11 is 5.82. The highest BCUT2D eigenvalue weighted by Gasteiger charge is 2.11. The van der Waals surface area contributed by atoms with Crippen LogP contribution in [0.15, 0.2) is 29.1 Å². The van der Waals surface area contributed by atoms with E-state index in [9.17, 15) is 9.59 Å². The number of rotatable bonds is 1. The van der Waals surface area contributed by atoms with Crippen molar-refractivity contribution in [2.75, 3.05) is 0 Å². The van der Waals surface area contributed by atoms with Crippen LogP contribution in [0.5, 0.6) is 5.75 Å². The highest BCUT2D eigenvalue weighted by molar-refractivity contribution is 6.31. The van der Waals surface area contributed by atoms with Gasteiger partial charge in [-0.25, -0.2) is 4.79 Å². The number of carboxylic acid groups (broad SMARTS) is 1. The molecule has 1 aromatic carbocycles. The van der Waals surface area contributed by atoms with Crippen molar-refractivity contribution >= 4 is 28.7 Å². The summed E-state index contributed by atoms with van der Waals surface area (Å²) in [6.07, 6.45) is -1.52. The number of pyridine rings is 1. The van der Waals surface area contributed by atoms with Gasteiger partial charge in [0.25, 0.3) is 5.56 Å². The molecule has 88 valence electrons. The van der Waals surface area contributed by atoms with Gasteiger partial charge in [0.15, 0.2) is 5.75 Å². The molecule has 0 aliphatic heterocycles. The van der Waals surface area contributed by atoms with E-state index in [0.717, 1.165) is 0 Å². The number of carbonyl (C=O) groups is 1. The SMILES string of the molecule is Cn1c(=O)c(OC(=O)O)cc2cc(Cl)ccc21. The van der Waals surface area contributed by atoms with Crippen LogP contribution in [0, 0.1) is 0 Å². The molecule has 6 heteroatoms. The average Bonchev–Trinajstić information content (AvgIpc) is 2.24. The Morgan fingerprint density at radius 1 is 1.41 bits per heavy atom. The van der Waals surface area contributed by atoms with Crippen molar-refractivity contribution in [3.05, 3.63) is 39.6 Å². The van der Waals surface area contributed by atoms with Crippen LogP contribution in [-0.4, -0.2) is 15.8 Å². The fraction of sp³-hybridized carbons (Fsp3) is 0.0909. The smallest absolute Gasteiger partial charge is 0.449 e. The van der Waals surface area contributed by atoms with Crippen LogP contribution in [0.4, 0.5) is 4.79 Å². The third kappa shape index (κ3) is 2.09. The number of fused-ring (bicyclic) bond motifs is 1. The molecule has 2 aromatic rings. The number of benzene rings is 1. The van der Waals surface area contributed by atoms with Crippen molar-refractivity contribution in [3.8, 4) is 5.75 Å². The molecule has 1 heterocycles. The number of halogens is 1. The summed E-state index contributed by atoms with van der Waals surface area (Å²) in [6.45, 7) is 0. The lowest BCUT2D eigenvalue weighted by molar-refractivity contribution is 0.143. The number of nitrogens with zero attached hydrogens (tertiary/aromatic N) is 1. The molecule has 5 nitrogen and oxygen atoms in total. The minimum Gasteiger partial charge on any atom is -0.449 e.